The Kier molecular flexibility index (Phi) is 4.77. The summed E-state index contributed by atoms with van der Waals surface area (Å²) < 4.78 is 0. The zero-order valence-electron chi connectivity index (χ0n) is 12.9. The van der Waals surface area contributed by atoms with Crippen LogP contribution in [0.1, 0.15) is 22.4 Å². The number of benzene rings is 1. The highest BCUT2D eigenvalue weighted by molar-refractivity contribution is 7.99. The lowest BCUT2D eigenvalue weighted by molar-refractivity contribution is -0.113. The molecule has 1 aliphatic heterocycles. The van der Waals surface area contributed by atoms with Crippen LogP contribution in [0.15, 0.2) is 28.2 Å². The lowest BCUT2D eigenvalue weighted by atomic mass is 10.1. The Morgan fingerprint density at radius 2 is 2.22 bits per heavy atom. The van der Waals surface area contributed by atoms with Gasteiger partial charge in [0, 0.05) is 22.8 Å². The molecule has 1 amide bonds. The van der Waals surface area contributed by atoms with Crippen molar-refractivity contribution in [1.82, 2.24) is 9.97 Å². The topological polar surface area (TPSA) is 74.8 Å². The van der Waals surface area contributed by atoms with Crippen molar-refractivity contribution in [3.8, 4) is 0 Å². The highest BCUT2D eigenvalue weighted by Gasteiger charge is 2.18. The SMILES string of the molecule is Cc1cccc(NC(=O)CSc2nc3c(c(=O)[nH]2)CSC3)c1C. The molecular formula is C16H17N3O2S2. The number of amides is 1. The van der Waals surface area contributed by atoms with Crippen LogP contribution in [-0.4, -0.2) is 21.6 Å². The number of nitrogens with one attached hydrogen (secondary N) is 2. The van der Waals surface area contributed by atoms with Gasteiger partial charge in [0.2, 0.25) is 5.91 Å². The molecule has 23 heavy (non-hydrogen) atoms. The van der Waals surface area contributed by atoms with E-state index in [0.717, 1.165) is 39.6 Å². The fraction of sp³-hybridized carbons (Fsp3) is 0.312. The highest BCUT2D eigenvalue weighted by atomic mass is 32.2. The molecular weight excluding hydrogens is 330 g/mol. The molecule has 0 aliphatic carbocycles. The number of carbonyl (C=O) groups excluding carboxylic acids is 1. The van der Waals surface area contributed by atoms with E-state index in [0.29, 0.717) is 5.16 Å². The molecule has 1 aromatic carbocycles. The van der Waals surface area contributed by atoms with Gasteiger partial charge in [-0.25, -0.2) is 4.98 Å². The number of aromatic amines is 1. The fourth-order valence-corrected chi connectivity index (χ4v) is 4.03. The van der Waals surface area contributed by atoms with Crippen molar-refractivity contribution in [2.45, 2.75) is 30.5 Å². The van der Waals surface area contributed by atoms with E-state index in [2.05, 4.69) is 15.3 Å². The van der Waals surface area contributed by atoms with Crippen LogP contribution in [0.2, 0.25) is 0 Å². The molecule has 7 heteroatoms. The van der Waals surface area contributed by atoms with Gasteiger partial charge in [-0.05, 0) is 31.0 Å². The number of fused-ring (bicyclic) bond motifs is 1. The maximum Gasteiger partial charge on any atom is 0.255 e. The number of anilines is 1. The highest BCUT2D eigenvalue weighted by Crippen LogP contribution is 2.26. The van der Waals surface area contributed by atoms with E-state index in [4.69, 9.17) is 0 Å². The van der Waals surface area contributed by atoms with Crippen LogP contribution in [0.4, 0.5) is 5.69 Å². The van der Waals surface area contributed by atoms with Gasteiger partial charge in [0.1, 0.15) is 0 Å². The molecule has 0 saturated carbocycles. The van der Waals surface area contributed by atoms with E-state index >= 15 is 0 Å². The van der Waals surface area contributed by atoms with E-state index in [1.54, 1.807) is 11.8 Å². The Morgan fingerprint density at radius 1 is 1.39 bits per heavy atom. The van der Waals surface area contributed by atoms with Gasteiger partial charge in [0.25, 0.3) is 5.56 Å². The molecule has 1 aromatic heterocycles. The van der Waals surface area contributed by atoms with Gasteiger partial charge in [-0.15, -0.1) is 0 Å². The van der Waals surface area contributed by atoms with Crippen molar-refractivity contribution in [2.24, 2.45) is 0 Å². The van der Waals surface area contributed by atoms with Crippen LogP contribution in [0.5, 0.6) is 0 Å². The van der Waals surface area contributed by atoms with Crippen molar-refractivity contribution in [3.05, 3.63) is 50.9 Å². The monoisotopic (exact) mass is 347 g/mol. The molecule has 2 heterocycles. The van der Waals surface area contributed by atoms with Gasteiger partial charge >= 0.3 is 0 Å². The van der Waals surface area contributed by atoms with E-state index in [1.807, 2.05) is 32.0 Å². The summed E-state index contributed by atoms with van der Waals surface area (Å²) in [5, 5.41) is 3.41. The third-order valence-electron chi connectivity index (χ3n) is 3.78. The number of H-pyrrole nitrogens is 1. The van der Waals surface area contributed by atoms with Gasteiger partial charge in [-0.2, -0.15) is 11.8 Å². The summed E-state index contributed by atoms with van der Waals surface area (Å²) in [6.07, 6.45) is 0. The van der Waals surface area contributed by atoms with E-state index < -0.39 is 0 Å². The molecule has 3 rings (SSSR count). The average molecular weight is 347 g/mol. The van der Waals surface area contributed by atoms with Gasteiger partial charge < -0.3 is 10.3 Å². The molecule has 0 saturated heterocycles. The smallest absolute Gasteiger partial charge is 0.255 e. The predicted octanol–water partition coefficient (Wildman–Crippen LogP) is 2.86. The Bertz CT molecular complexity index is 817. The Hall–Kier alpha value is -1.73. The second-order valence-corrected chi connectivity index (χ2v) is 7.32. The van der Waals surface area contributed by atoms with Crippen molar-refractivity contribution in [1.29, 1.82) is 0 Å². The zero-order chi connectivity index (χ0) is 16.4. The standard InChI is InChI=1S/C16H17N3O2S2/c1-9-4-3-5-12(10(9)2)17-14(20)8-23-16-18-13-7-22-6-11(13)15(21)19-16/h3-5H,6-8H2,1-2H3,(H,17,20)(H,18,19,21). The Labute approximate surface area is 142 Å². The predicted molar refractivity (Wildman–Crippen MR) is 95.1 cm³/mol. The molecule has 0 unspecified atom stereocenters. The van der Waals surface area contributed by atoms with Crippen molar-refractivity contribution in [2.75, 3.05) is 11.1 Å². The first kappa shape index (κ1) is 16.1. The number of nitrogens with zero attached hydrogens (tertiary/aromatic N) is 1. The summed E-state index contributed by atoms with van der Waals surface area (Å²) in [5.74, 6) is 1.58. The fourth-order valence-electron chi connectivity index (χ4n) is 2.31. The second-order valence-electron chi connectivity index (χ2n) is 5.37. The van der Waals surface area contributed by atoms with Crippen LogP contribution in [0.3, 0.4) is 0 Å². The molecule has 0 spiro atoms. The molecule has 0 radical (unpaired) electrons. The van der Waals surface area contributed by atoms with Crippen LogP contribution < -0.4 is 10.9 Å². The van der Waals surface area contributed by atoms with Crippen molar-refractivity contribution in [3.63, 3.8) is 0 Å². The van der Waals surface area contributed by atoms with Crippen LogP contribution in [-0.2, 0) is 16.3 Å². The average Bonchev–Trinajstić information content (AvgIpc) is 2.99. The minimum absolute atomic E-state index is 0.0857. The molecule has 0 fully saturated rings. The summed E-state index contributed by atoms with van der Waals surface area (Å²) in [6.45, 7) is 3.99. The van der Waals surface area contributed by atoms with E-state index in [1.165, 1.54) is 11.8 Å². The number of hydrogen-bond donors (Lipinski definition) is 2. The zero-order valence-corrected chi connectivity index (χ0v) is 14.6. The molecule has 1 aliphatic rings. The lowest BCUT2D eigenvalue weighted by Crippen LogP contribution is -2.18. The normalized spacial score (nSPS) is 13.0. The van der Waals surface area contributed by atoms with Gasteiger partial charge in [0.05, 0.1) is 11.4 Å². The summed E-state index contributed by atoms with van der Waals surface area (Å²) >= 11 is 2.93. The molecule has 2 N–H and O–H groups in total. The van der Waals surface area contributed by atoms with E-state index in [9.17, 15) is 9.59 Å². The first-order chi connectivity index (χ1) is 11.0. The maximum atomic E-state index is 12.1. The second kappa shape index (κ2) is 6.80. The summed E-state index contributed by atoms with van der Waals surface area (Å²) in [5.41, 5.74) is 4.54. The molecule has 2 aromatic rings. The number of aryl methyl sites for hydroxylation is 1. The first-order valence-electron chi connectivity index (χ1n) is 7.23. The summed E-state index contributed by atoms with van der Waals surface area (Å²) in [4.78, 5) is 31.2. The van der Waals surface area contributed by atoms with Gasteiger partial charge in [0.15, 0.2) is 5.16 Å². The minimum atomic E-state index is -0.110. The van der Waals surface area contributed by atoms with Crippen LogP contribution in [0.25, 0.3) is 0 Å². The summed E-state index contributed by atoms with van der Waals surface area (Å²) in [6, 6.07) is 5.82. The molecule has 0 atom stereocenters. The third-order valence-corrected chi connectivity index (χ3v) is 5.63. The number of rotatable bonds is 4. The first-order valence-corrected chi connectivity index (χ1v) is 9.37. The van der Waals surface area contributed by atoms with Gasteiger partial charge in [-0.1, -0.05) is 23.9 Å². The minimum Gasteiger partial charge on any atom is -0.325 e. The number of hydrogen-bond acceptors (Lipinski definition) is 5. The van der Waals surface area contributed by atoms with Crippen LogP contribution in [0, 0.1) is 13.8 Å². The van der Waals surface area contributed by atoms with Crippen LogP contribution >= 0.6 is 23.5 Å². The number of thioether (sulfide) groups is 2. The number of aromatic nitrogens is 2. The third kappa shape index (κ3) is 3.61. The van der Waals surface area contributed by atoms with Crippen molar-refractivity contribution < 1.29 is 4.79 Å². The maximum absolute atomic E-state index is 12.1. The van der Waals surface area contributed by atoms with E-state index in [-0.39, 0.29) is 17.2 Å². The number of carbonyl (C=O) groups is 1. The molecule has 0 bridgehead atoms. The largest absolute Gasteiger partial charge is 0.325 e. The lowest BCUT2D eigenvalue weighted by Gasteiger charge is -2.10. The Balaban J connectivity index is 1.64. The summed E-state index contributed by atoms with van der Waals surface area (Å²) in [7, 11) is 0. The Morgan fingerprint density at radius 3 is 3.04 bits per heavy atom. The molecule has 120 valence electrons. The molecule has 5 nitrogen and oxygen atoms in total. The van der Waals surface area contributed by atoms with Gasteiger partial charge in [-0.3, -0.25) is 9.59 Å². The van der Waals surface area contributed by atoms with Crippen molar-refractivity contribution >= 4 is 35.1 Å². The quantitative estimate of drug-likeness (QED) is 0.657.